The summed E-state index contributed by atoms with van der Waals surface area (Å²) >= 11 is 0. The molecule has 1 unspecified atom stereocenters. The first-order valence-electron chi connectivity index (χ1n) is 8.33. The van der Waals surface area contributed by atoms with Crippen molar-refractivity contribution in [1.82, 2.24) is 4.90 Å². The highest BCUT2D eigenvalue weighted by molar-refractivity contribution is 5.94. The first kappa shape index (κ1) is 18.5. The molecule has 0 aliphatic carbocycles. The lowest BCUT2D eigenvalue weighted by Gasteiger charge is -2.25. The SMILES string of the molecule is Cc1ccc(CC2CCCN2C(=O)c2ccc(CN)cc2)cc1.Cl. The van der Waals surface area contributed by atoms with Crippen LogP contribution in [0.4, 0.5) is 0 Å². The maximum Gasteiger partial charge on any atom is 0.254 e. The summed E-state index contributed by atoms with van der Waals surface area (Å²) in [6.07, 6.45) is 3.11. The number of carbonyl (C=O) groups is 1. The van der Waals surface area contributed by atoms with Gasteiger partial charge in [0.05, 0.1) is 0 Å². The minimum atomic E-state index is 0. The number of carbonyl (C=O) groups excluding carboxylic acids is 1. The largest absolute Gasteiger partial charge is 0.335 e. The van der Waals surface area contributed by atoms with Crippen LogP contribution in [0.25, 0.3) is 0 Å². The van der Waals surface area contributed by atoms with Crippen molar-refractivity contribution >= 4 is 18.3 Å². The fourth-order valence-corrected chi connectivity index (χ4v) is 3.26. The number of likely N-dealkylation sites (tertiary alicyclic amines) is 1. The van der Waals surface area contributed by atoms with Gasteiger partial charge in [0.25, 0.3) is 5.91 Å². The Morgan fingerprint density at radius 2 is 1.71 bits per heavy atom. The number of aryl methyl sites for hydroxylation is 1. The van der Waals surface area contributed by atoms with Crippen LogP contribution in [0.1, 0.15) is 39.9 Å². The minimum Gasteiger partial charge on any atom is -0.335 e. The molecule has 0 bridgehead atoms. The van der Waals surface area contributed by atoms with Crippen LogP contribution < -0.4 is 5.73 Å². The predicted molar refractivity (Wildman–Crippen MR) is 101 cm³/mol. The molecule has 128 valence electrons. The Labute approximate surface area is 150 Å². The van der Waals surface area contributed by atoms with E-state index in [1.54, 1.807) is 0 Å². The van der Waals surface area contributed by atoms with Gasteiger partial charge < -0.3 is 10.6 Å². The molecule has 3 nitrogen and oxygen atoms in total. The molecular formula is C20H25ClN2O. The van der Waals surface area contributed by atoms with Crippen molar-refractivity contribution in [1.29, 1.82) is 0 Å². The maximum atomic E-state index is 12.8. The Kier molecular flexibility index (Phi) is 6.41. The van der Waals surface area contributed by atoms with Gasteiger partial charge in [0.1, 0.15) is 0 Å². The number of hydrogen-bond donors (Lipinski definition) is 1. The number of hydrogen-bond acceptors (Lipinski definition) is 2. The van der Waals surface area contributed by atoms with E-state index in [4.69, 9.17) is 5.73 Å². The third-order valence-corrected chi connectivity index (χ3v) is 4.67. The Morgan fingerprint density at radius 1 is 1.08 bits per heavy atom. The van der Waals surface area contributed by atoms with Crippen LogP contribution in [0.3, 0.4) is 0 Å². The second-order valence-electron chi connectivity index (χ2n) is 6.39. The van der Waals surface area contributed by atoms with Crippen LogP contribution in [0.15, 0.2) is 48.5 Å². The molecule has 1 saturated heterocycles. The van der Waals surface area contributed by atoms with Gasteiger partial charge in [-0.05, 0) is 49.4 Å². The summed E-state index contributed by atoms with van der Waals surface area (Å²) < 4.78 is 0. The van der Waals surface area contributed by atoms with Gasteiger partial charge in [0, 0.05) is 24.7 Å². The van der Waals surface area contributed by atoms with E-state index in [-0.39, 0.29) is 18.3 Å². The monoisotopic (exact) mass is 344 g/mol. The van der Waals surface area contributed by atoms with Gasteiger partial charge in [-0.3, -0.25) is 4.79 Å². The average Bonchev–Trinajstić information content (AvgIpc) is 3.04. The second kappa shape index (κ2) is 8.32. The third-order valence-electron chi connectivity index (χ3n) is 4.67. The van der Waals surface area contributed by atoms with Gasteiger partial charge >= 0.3 is 0 Å². The molecular weight excluding hydrogens is 320 g/mol. The molecule has 0 radical (unpaired) electrons. The molecule has 3 rings (SSSR count). The predicted octanol–water partition coefficient (Wildman–Crippen LogP) is 3.72. The topological polar surface area (TPSA) is 46.3 Å². The fourth-order valence-electron chi connectivity index (χ4n) is 3.26. The Bertz CT molecular complexity index is 667. The average molecular weight is 345 g/mol. The van der Waals surface area contributed by atoms with Gasteiger partial charge in [0.15, 0.2) is 0 Å². The number of amides is 1. The van der Waals surface area contributed by atoms with Gasteiger partial charge in [0.2, 0.25) is 0 Å². The second-order valence-corrected chi connectivity index (χ2v) is 6.39. The normalized spacial score (nSPS) is 16.8. The van der Waals surface area contributed by atoms with E-state index in [2.05, 4.69) is 31.2 Å². The molecule has 1 heterocycles. The van der Waals surface area contributed by atoms with E-state index >= 15 is 0 Å². The molecule has 1 aliphatic heterocycles. The van der Waals surface area contributed by atoms with Gasteiger partial charge in [-0.25, -0.2) is 0 Å². The number of rotatable bonds is 4. The van der Waals surface area contributed by atoms with Crippen molar-refractivity contribution < 1.29 is 4.79 Å². The summed E-state index contributed by atoms with van der Waals surface area (Å²) in [5, 5.41) is 0. The van der Waals surface area contributed by atoms with Gasteiger partial charge in [-0.2, -0.15) is 0 Å². The Balaban J connectivity index is 0.00000208. The number of nitrogens with zero attached hydrogens (tertiary/aromatic N) is 1. The molecule has 0 aromatic heterocycles. The zero-order chi connectivity index (χ0) is 16.2. The van der Waals surface area contributed by atoms with E-state index in [0.717, 1.165) is 36.9 Å². The van der Waals surface area contributed by atoms with Crippen molar-refractivity contribution in [2.75, 3.05) is 6.54 Å². The molecule has 1 amide bonds. The van der Waals surface area contributed by atoms with Gasteiger partial charge in [-0.15, -0.1) is 12.4 Å². The lowest BCUT2D eigenvalue weighted by Crippen LogP contribution is -2.36. The quantitative estimate of drug-likeness (QED) is 0.918. The highest BCUT2D eigenvalue weighted by Crippen LogP contribution is 2.23. The van der Waals surface area contributed by atoms with E-state index in [1.165, 1.54) is 11.1 Å². The summed E-state index contributed by atoms with van der Waals surface area (Å²) in [5.74, 6) is 0.142. The van der Waals surface area contributed by atoms with Crippen LogP contribution >= 0.6 is 12.4 Å². The van der Waals surface area contributed by atoms with Crippen molar-refractivity contribution in [3.63, 3.8) is 0 Å². The molecule has 0 spiro atoms. The van der Waals surface area contributed by atoms with E-state index in [9.17, 15) is 4.79 Å². The fraction of sp³-hybridized carbons (Fsp3) is 0.350. The van der Waals surface area contributed by atoms with Crippen molar-refractivity contribution in [3.8, 4) is 0 Å². The van der Waals surface area contributed by atoms with Crippen LogP contribution in [-0.4, -0.2) is 23.4 Å². The molecule has 1 aliphatic rings. The molecule has 24 heavy (non-hydrogen) atoms. The molecule has 2 N–H and O–H groups in total. The lowest BCUT2D eigenvalue weighted by atomic mass is 10.0. The first-order valence-corrected chi connectivity index (χ1v) is 8.33. The van der Waals surface area contributed by atoms with Crippen LogP contribution in [-0.2, 0) is 13.0 Å². The summed E-state index contributed by atoms with van der Waals surface area (Å²) in [6, 6.07) is 16.6. The summed E-state index contributed by atoms with van der Waals surface area (Å²) in [4.78, 5) is 14.8. The van der Waals surface area contributed by atoms with E-state index in [1.807, 2.05) is 29.2 Å². The van der Waals surface area contributed by atoms with E-state index < -0.39 is 0 Å². The maximum absolute atomic E-state index is 12.8. The van der Waals surface area contributed by atoms with Crippen LogP contribution in [0.2, 0.25) is 0 Å². The smallest absolute Gasteiger partial charge is 0.254 e. The van der Waals surface area contributed by atoms with Crippen molar-refractivity contribution in [2.45, 2.75) is 38.8 Å². The Hall–Kier alpha value is -1.84. The van der Waals surface area contributed by atoms with Crippen molar-refractivity contribution in [3.05, 3.63) is 70.8 Å². The zero-order valence-electron chi connectivity index (χ0n) is 14.1. The molecule has 2 aromatic carbocycles. The van der Waals surface area contributed by atoms with Crippen LogP contribution in [0, 0.1) is 6.92 Å². The summed E-state index contributed by atoms with van der Waals surface area (Å²) in [7, 11) is 0. The zero-order valence-corrected chi connectivity index (χ0v) is 14.9. The number of nitrogens with two attached hydrogens (primary N) is 1. The first-order chi connectivity index (χ1) is 11.2. The third kappa shape index (κ3) is 4.16. The van der Waals surface area contributed by atoms with Crippen LogP contribution in [0.5, 0.6) is 0 Å². The van der Waals surface area contributed by atoms with Crippen molar-refractivity contribution in [2.24, 2.45) is 5.73 Å². The highest BCUT2D eigenvalue weighted by Gasteiger charge is 2.29. The molecule has 0 saturated carbocycles. The minimum absolute atomic E-state index is 0. The summed E-state index contributed by atoms with van der Waals surface area (Å²) in [5.41, 5.74) is 10.0. The summed E-state index contributed by atoms with van der Waals surface area (Å²) in [6.45, 7) is 3.46. The number of benzene rings is 2. The van der Waals surface area contributed by atoms with E-state index in [0.29, 0.717) is 12.6 Å². The molecule has 1 fully saturated rings. The number of halogens is 1. The molecule has 2 aromatic rings. The lowest BCUT2D eigenvalue weighted by molar-refractivity contribution is 0.0736. The molecule has 4 heteroatoms. The highest BCUT2D eigenvalue weighted by atomic mass is 35.5. The van der Waals surface area contributed by atoms with Gasteiger partial charge in [-0.1, -0.05) is 42.0 Å². The standard InChI is InChI=1S/C20H24N2O.ClH/c1-15-4-6-16(7-5-15)13-19-3-2-12-22(19)20(23)18-10-8-17(14-21)9-11-18;/h4-11,19H,2-3,12-14,21H2,1H3;1H. The molecule has 1 atom stereocenters. The Morgan fingerprint density at radius 3 is 2.33 bits per heavy atom.